The number of thioether (sulfide) groups is 1. The van der Waals surface area contributed by atoms with Crippen LogP contribution in [-0.2, 0) is 107 Å². The lowest BCUT2D eigenvalue weighted by Gasteiger charge is -2.39. The molecular formula is C92H130N24O19S. The lowest BCUT2D eigenvalue weighted by Crippen LogP contribution is -2.67. The number of benzene rings is 3. The Morgan fingerprint density at radius 3 is 1.76 bits per heavy atom. The normalized spacial score (nSPS) is 25.1. The van der Waals surface area contributed by atoms with Crippen LogP contribution in [0.5, 0.6) is 5.75 Å². The highest BCUT2D eigenvalue weighted by Crippen LogP contribution is 2.32. The monoisotopic (exact) mass is 1910 g/mol. The number of rotatable bonds is 27. The Kier molecular flexibility index (Phi) is 39.2. The summed E-state index contributed by atoms with van der Waals surface area (Å²) in [5, 5.41) is 60.6. The number of aromatic hydroxyl groups is 1. The lowest BCUT2D eigenvalue weighted by atomic mass is 9.98. The number of aromatic amines is 3. The van der Waals surface area contributed by atoms with Crippen molar-refractivity contribution >= 4 is 140 Å². The van der Waals surface area contributed by atoms with E-state index in [2.05, 4.69) is 78.4 Å². The third-order valence-corrected chi connectivity index (χ3v) is 25.9. The van der Waals surface area contributed by atoms with Crippen LogP contribution in [0, 0.1) is 11.3 Å². The predicted octanol–water partition coefficient (Wildman–Crippen LogP) is -1.51. The van der Waals surface area contributed by atoms with Crippen LogP contribution in [-0.4, -0.2) is 311 Å². The summed E-state index contributed by atoms with van der Waals surface area (Å²) < 4.78 is 0. The van der Waals surface area contributed by atoms with Crippen LogP contribution in [0.3, 0.4) is 0 Å². The Morgan fingerprint density at radius 2 is 1.15 bits per heavy atom. The van der Waals surface area contributed by atoms with Crippen LogP contribution < -0.4 is 75.7 Å². The number of carbonyl (C=O) groups excluding carboxylic acids is 17. The van der Waals surface area contributed by atoms with E-state index in [0.717, 1.165) is 31.4 Å². The number of guanidine groups is 1. The summed E-state index contributed by atoms with van der Waals surface area (Å²) in [6.45, 7) is 8.21. The number of unbranched alkanes of at least 4 members (excludes halogenated alkanes) is 2. The van der Waals surface area contributed by atoms with Crippen molar-refractivity contribution in [3.8, 4) is 5.75 Å². The summed E-state index contributed by atoms with van der Waals surface area (Å²) in [6.07, 6.45) is 6.20. The van der Waals surface area contributed by atoms with Gasteiger partial charge in [0.15, 0.2) is 17.9 Å². The number of hydrogen-bond donors (Lipinski definition) is 20. The average Bonchev–Trinajstić information content (AvgIpc) is 1.61. The molecule has 43 nitrogen and oxygen atoms in total. The number of aromatic nitrogens is 4. The Labute approximate surface area is 791 Å². The minimum Gasteiger partial charge on any atom is -0.508 e. The smallest absolute Gasteiger partial charge is 0.246 e. The number of para-hydroxylation sites is 2. The van der Waals surface area contributed by atoms with E-state index in [0.29, 0.717) is 76.2 Å². The summed E-state index contributed by atoms with van der Waals surface area (Å²) in [4.78, 5) is 271. The van der Waals surface area contributed by atoms with Crippen LogP contribution in [0.1, 0.15) is 154 Å². The number of phenols is 1. The van der Waals surface area contributed by atoms with Crippen molar-refractivity contribution in [3.63, 3.8) is 0 Å². The molecule has 0 radical (unpaired) electrons. The lowest BCUT2D eigenvalue weighted by molar-refractivity contribution is -0.149. The van der Waals surface area contributed by atoms with Crippen LogP contribution in [0.2, 0.25) is 0 Å². The van der Waals surface area contributed by atoms with E-state index < -0.39 is 222 Å². The first-order chi connectivity index (χ1) is 64.8. The van der Waals surface area contributed by atoms with Gasteiger partial charge in [0.2, 0.25) is 94.5 Å². The number of H-pyrrole nitrogens is 3. The van der Waals surface area contributed by atoms with Crippen LogP contribution in [0.4, 0.5) is 0 Å². The number of amides is 16. The van der Waals surface area contributed by atoms with E-state index in [1.165, 1.54) is 69.8 Å². The number of primary amides is 2. The quantitative estimate of drug-likeness (QED) is 0.0121. The second kappa shape index (κ2) is 50.2. The molecule has 16 amide bonds. The highest BCUT2D eigenvalue weighted by atomic mass is 32.2. The van der Waals surface area contributed by atoms with Crippen molar-refractivity contribution in [1.82, 2.24) is 103 Å². The Bertz CT molecular complexity index is 5250. The van der Waals surface area contributed by atoms with Gasteiger partial charge >= 0.3 is 0 Å². The minimum absolute atomic E-state index is 0.00283. The molecule has 9 rings (SSSR count). The molecule has 6 heterocycles. The zero-order valence-electron chi connectivity index (χ0n) is 78.1. The van der Waals surface area contributed by atoms with E-state index in [1.807, 2.05) is 13.8 Å². The number of aldehydes is 1. The topological polar surface area (TPSA) is 641 Å². The maximum absolute atomic E-state index is 15.8. The van der Waals surface area contributed by atoms with Crippen LogP contribution in [0.15, 0.2) is 97.7 Å². The average molecular weight is 1910 g/mol. The Morgan fingerprint density at radius 1 is 0.588 bits per heavy atom. The highest BCUT2D eigenvalue weighted by Gasteiger charge is 2.50. The van der Waals surface area contributed by atoms with Gasteiger partial charge < -0.3 is 120 Å². The summed E-state index contributed by atoms with van der Waals surface area (Å²) in [7, 11) is 3.94. The molecule has 738 valence electrons. The van der Waals surface area contributed by atoms with E-state index in [9.17, 15) is 48.6 Å². The fourth-order valence-corrected chi connectivity index (χ4v) is 18.1. The molecule has 3 saturated heterocycles. The molecule has 3 aliphatic heterocycles. The van der Waals surface area contributed by atoms with Crippen LogP contribution in [0.25, 0.3) is 21.8 Å². The maximum Gasteiger partial charge on any atom is 0.246 e. The third kappa shape index (κ3) is 28.5. The molecule has 0 saturated carbocycles. The fraction of sp³-hybridized carbons (Fsp3) is 0.533. The van der Waals surface area contributed by atoms with Crippen molar-refractivity contribution in [2.45, 2.75) is 247 Å². The van der Waals surface area contributed by atoms with Gasteiger partial charge in [-0.3, -0.25) is 92.2 Å². The molecule has 0 aliphatic carbocycles. The number of nitrogens with zero attached hydrogens (tertiary/aromatic N) is 6. The van der Waals surface area contributed by atoms with E-state index in [4.69, 9.17) is 22.6 Å². The molecule has 6 aromatic rings. The van der Waals surface area contributed by atoms with Gasteiger partial charge in [-0.1, -0.05) is 102 Å². The number of phenolic OH excluding ortho intramolecular Hbond substituents is 1. The van der Waals surface area contributed by atoms with Gasteiger partial charge in [-0.15, -0.1) is 11.8 Å². The zero-order valence-corrected chi connectivity index (χ0v) is 78.9. The molecule has 3 fully saturated rings. The van der Waals surface area contributed by atoms with Gasteiger partial charge in [0.25, 0.3) is 0 Å². The largest absolute Gasteiger partial charge is 0.508 e. The number of imidazole rings is 1. The van der Waals surface area contributed by atoms with E-state index in [-0.39, 0.29) is 108 Å². The van der Waals surface area contributed by atoms with Gasteiger partial charge in [0.1, 0.15) is 78.3 Å². The molecule has 0 bridgehead atoms. The Hall–Kier alpha value is -13.5. The minimum atomic E-state index is -2.05. The number of aliphatic hydroxyl groups excluding tert-OH is 1. The Balaban J connectivity index is 1.12. The number of aliphatic hydroxyl groups is 1. The summed E-state index contributed by atoms with van der Waals surface area (Å²) in [5.74, 6) is -16.7. The standard InChI is InChI=1S/C92H130N24O19S/c1-10-12-25-72-84(129)104-63(24-18-34-98-91(95)96)80(125)110-71(79(124)101-45-76(94)121)47-136-48-77(122)103-67(37-54-28-30-58(119)31-29-54)86(131)112(7)53(6)78(123)106-69(41-75(93)120)89(134)116-52(5)27-32-73(116)85(130)105-64(40-57-44-97-50-102-57)81(126)107-66(36-51(3)4)88(133)115-35-19-33-92(115,49-118)111-65(38-55-42-99-61-22-16-14-20-59(55)61)82(127)109-70(46-117)83(128)108-68(39-56-43-100-62-23-17-15-21-60(56)62)87(132)114(9)74(26-13-11-2)90(135)113(72)8/h14-17,20-23,28-31,42-44,49-53,63-74,99-100,111,117,119H,10-13,18-19,24-27,32-41,45-48H2,1-9H3,(H2,93,120)(H2,94,121)(H,97,102)(H,101,124)(H,103,122)(H,104,129)(H,105,130)(H,106,123)(H,107,126)(H,108,128)(H,109,127)(H,110,125)(H4,95,96,98)/t52-,53-,63-,64-,65-,66-,67-,68-,69-,70-,71?,72-,73-,74-,92?/m0/s1. The first-order valence-corrected chi connectivity index (χ1v) is 47.0. The zero-order chi connectivity index (χ0) is 99.4. The van der Waals surface area contributed by atoms with Gasteiger partial charge in [-0.2, -0.15) is 0 Å². The first-order valence-electron chi connectivity index (χ1n) is 45.9. The molecule has 3 aromatic heterocycles. The molecule has 136 heavy (non-hydrogen) atoms. The first kappa shape index (κ1) is 106. The van der Waals surface area contributed by atoms with E-state index >= 15 is 43.2 Å². The van der Waals surface area contributed by atoms with Gasteiger partial charge in [-0.05, 0) is 125 Å². The number of nitrogens with one attached hydrogen (secondary N) is 15. The second-order valence-corrected chi connectivity index (χ2v) is 36.4. The number of hydrogen-bond acceptors (Lipinski definition) is 23. The molecular weight excluding hydrogens is 1780 g/mol. The molecule has 0 spiro atoms. The fourth-order valence-electron chi connectivity index (χ4n) is 17.2. The van der Waals surface area contributed by atoms with Crippen molar-refractivity contribution < 1.29 is 91.7 Å². The third-order valence-electron chi connectivity index (χ3n) is 24.8. The molecule has 3 aliphatic rings. The van der Waals surface area contributed by atoms with E-state index in [1.54, 1.807) is 81.7 Å². The summed E-state index contributed by atoms with van der Waals surface area (Å²) in [6, 6.07) is -1.12. The predicted molar refractivity (Wildman–Crippen MR) is 503 cm³/mol. The summed E-state index contributed by atoms with van der Waals surface area (Å²) in [5.41, 5.74) is 17.9. The maximum atomic E-state index is 15.8. The van der Waals surface area contributed by atoms with Gasteiger partial charge in [0.05, 0.1) is 37.7 Å². The molecule has 44 heteroatoms. The number of fused-ring (bicyclic) bond motifs is 4. The van der Waals surface area contributed by atoms with Crippen molar-refractivity contribution in [1.29, 1.82) is 5.41 Å². The van der Waals surface area contributed by atoms with Crippen molar-refractivity contribution in [2.75, 3.05) is 58.9 Å². The molecule has 23 N–H and O–H groups in total. The molecule has 2 unspecified atom stereocenters. The van der Waals surface area contributed by atoms with Crippen molar-refractivity contribution in [2.24, 2.45) is 23.1 Å². The summed E-state index contributed by atoms with van der Waals surface area (Å²) >= 11 is 0.767. The number of likely N-dealkylation sites (N-methyl/N-ethyl adjacent to an activating group) is 3. The SMILES string of the molecule is CCCC[C@H]1C(=O)N(C)[C@@H](CCCC)C(=O)N[C@@H](CCCNC(=N)N)C(=O)NC(C(=O)NCC(N)=O)CSCC(=O)N[C@@H](Cc2ccc(O)cc2)C(=O)N(C)[C@@H](C)C(=O)N[C@@H](CC(N)=O)C(=O)N2[C@@H](C)CC[C@H]2C(=O)N[C@@H](Cc2cnc[nH]2)C(=O)N[C@@H](CC(C)C)C(=O)N2CCCC2(C=O)N[C@@H](Cc2c[nH]c3ccccc23)C(=O)N[C@@H](CO)C(=O)N[C@@H](Cc2c[nH]c3ccccc23)C(=O)N1C. The van der Waals surface area contributed by atoms with Crippen LogP contribution >= 0.6 is 11.8 Å². The van der Waals surface area contributed by atoms with Gasteiger partial charge in [0, 0.05) is 111 Å². The molecule has 3 aromatic carbocycles. The number of nitrogens with two attached hydrogens (primary N) is 3. The molecule has 15 atom stereocenters. The number of carbonyl (C=O) groups is 17. The second-order valence-electron chi connectivity index (χ2n) is 35.4. The van der Waals surface area contributed by atoms with Crippen molar-refractivity contribution in [3.05, 3.63) is 120 Å². The highest BCUT2D eigenvalue weighted by molar-refractivity contribution is 8.00. The van der Waals surface area contributed by atoms with Gasteiger partial charge in [-0.25, -0.2) is 4.98 Å².